The van der Waals surface area contributed by atoms with E-state index in [1.807, 2.05) is 18.4 Å². The number of aromatic nitrogens is 3. The molecule has 2 N–H and O–H groups in total. The fraction of sp³-hybridized carbons (Fsp3) is 0.273. The van der Waals surface area contributed by atoms with Crippen LogP contribution in [0.4, 0.5) is 5.69 Å². The van der Waals surface area contributed by atoms with Crippen LogP contribution in [0.25, 0.3) is 0 Å². The van der Waals surface area contributed by atoms with Gasteiger partial charge in [-0.05, 0) is 62.4 Å². The number of hydrogen-bond acceptors (Lipinski definition) is 6. The molecule has 0 unspecified atom stereocenters. The van der Waals surface area contributed by atoms with Crippen LogP contribution in [0.3, 0.4) is 0 Å². The van der Waals surface area contributed by atoms with Crippen molar-refractivity contribution >= 4 is 40.9 Å². The molecule has 1 atom stereocenters. The minimum Gasteiger partial charge on any atom is -0.497 e. The monoisotopic (exact) mass is 473 g/mol. The SMILES string of the molecule is CCn1c(SCC(=O)Nc2ccc(OC)cc2)nnc1[C@H](C)NC(=O)c1ccc(Cl)cc1. The van der Waals surface area contributed by atoms with Gasteiger partial charge < -0.3 is 19.9 Å². The van der Waals surface area contributed by atoms with E-state index in [1.54, 1.807) is 55.6 Å². The summed E-state index contributed by atoms with van der Waals surface area (Å²) in [5.74, 6) is 1.13. The first-order chi connectivity index (χ1) is 15.4. The maximum atomic E-state index is 12.5. The summed E-state index contributed by atoms with van der Waals surface area (Å²) in [7, 11) is 1.59. The van der Waals surface area contributed by atoms with Gasteiger partial charge in [0.05, 0.1) is 18.9 Å². The normalized spacial score (nSPS) is 11.6. The first-order valence-corrected chi connectivity index (χ1v) is 11.3. The number of nitrogens with zero attached hydrogens (tertiary/aromatic N) is 3. The van der Waals surface area contributed by atoms with Gasteiger partial charge in [-0.1, -0.05) is 23.4 Å². The third-order valence-corrected chi connectivity index (χ3v) is 5.83. The van der Waals surface area contributed by atoms with Gasteiger partial charge in [0.1, 0.15) is 5.75 Å². The zero-order valence-corrected chi connectivity index (χ0v) is 19.5. The largest absolute Gasteiger partial charge is 0.497 e. The molecule has 0 bridgehead atoms. The van der Waals surface area contributed by atoms with Gasteiger partial charge in [0.25, 0.3) is 5.91 Å². The van der Waals surface area contributed by atoms with E-state index in [9.17, 15) is 9.59 Å². The van der Waals surface area contributed by atoms with Gasteiger partial charge in [-0.2, -0.15) is 0 Å². The summed E-state index contributed by atoms with van der Waals surface area (Å²) in [5.41, 5.74) is 1.20. The second-order valence-electron chi connectivity index (χ2n) is 6.85. The highest BCUT2D eigenvalue weighted by Gasteiger charge is 2.20. The maximum absolute atomic E-state index is 12.5. The summed E-state index contributed by atoms with van der Waals surface area (Å²) in [6.45, 7) is 4.41. The molecule has 2 aromatic carbocycles. The van der Waals surface area contributed by atoms with E-state index in [2.05, 4.69) is 20.8 Å². The Morgan fingerprint density at radius 1 is 1.12 bits per heavy atom. The molecule has 2 amide bonds. The first-order valence-electron chi connectivity index (χ1n) is 9.97. The number of methoxy groups -OCH3 is 1. The van der Waals surface area contributed by atoms with Gasteiger partial charge in [0.2, 0.25) is 5.91 Å². The second kappa shape index (κ2) is 11.0. The van der Waals surface area contributed by atoms with Gasteiger partial charge in [-0.15, -0.1) is 10.2 Å². The van der Waals surface area contributed by atoms with Crippen LogP contribution >= 0.6 is 23.4 Å². The molecule has 0 aliphatic rings. The van der Waals surface area contributed by atoms with E-state index in [0.29, 0.717) is 33.8 Å². The summed E-state index contributed by atoms with van der Waals surface area (Å²) < 4.78 is 7.00. The van der Waals surface area contributed by atoms with Gasteiger partial charge in [0.15, 0.2) is 11.0 Å². The zero-order chi connectivity index (χ0) is 23.1. The van der Waals surface area contributed by atoms with E-state index < -0.39 is 0 Å². The zero-order valence-electron chi connectivity index (χ0n) is 18.0. The number of thioether (sulfide) groups is 1. The average molecular weight is 474 g/mol. The van der Waals surface area contributed by atoms with Crippen LogP contribution in [0.15, 0.2) is 53.7 Å². The van der Waals surface area contributed by atoms with Crippen molar-refractivity contribution in [2.24, 2.45) is 0 Å². The minimum absolute atomic E-state index is 0.156. The lowest BCUT2D eigenvalue weighted by molar-refractivity contribution is -0.113. The number of anilines is 1. The first kappa shape index (κ1) is 23.6. The fourth-order valence-electron chi connectivity index (χ4n) is 2.97. The Kier molecular flexibility index (Phi) is 8.13. The highest BCUT2D eigenvalue weighted by molar-refractivity contribution is 7.99. The smallest absolute Gasteiger partial charge is 0.251 e. The molecular weight excluding hydrogens is 450 g/mol. The molecule has 168 valence electrons. The molecule has 0 radical (unpaired) electrons. The van der Waals surface area contributed by atoms with Crippen molar-refractivity contribution in [1.82, 2.24) is 20.1 Å². The molecule has 1 aromatic heterocycles. The number of benzene rings is 2. The molecular formula is C22H24ClN5O3S. The minimum atomic E-state index is -0.367. The van der Waals surface area contributed by atoms with Crippen LogP contribution in [-0.2, 0) is 11.3 Å². The Bertz CT molecular complexity index is 1070. The predicted molar refractivity (Wildman–Crippen MR) is 125 cm³/mol. The van der Waals surface area contributed by atoms with Crippen molar-refractivity contribution in [2.75, 3.05) is 18.2 Å². The van der Waals surface area contributed by atoms with Crippen LogP contribution in [0.5, 0.6) is 5.75 Å². The quantitative estimate of drug-likeness (QED) is 0.452. The van der Waals surface area contributed by atoms with Crippen molar-refractivity contribution in [1.29, 1.82) is 0 Å². The summed E-state index contributed by atoms with van der Waals surface area (Å²) in [6, 6.07) is 13.4. The average Bonchev–Trinajstić information content (AvgIpc) is 3.21. The van der Waals surface area contributed by atoms with Crippen molar-refractivity contribution in [3.05, 3.63) is 64.9 Å². The highest BCUT2D eigenvalue weighted by Crippen LogP contribution is 2.22. The summed E-state index contributed by atoms with van der Waals surface area (Å²) in [5, 5.41) is 15.4. The van der Waals surface area contributed by atoms with Crippen molar-refractivity contribution in [3.8, 4) is 5.75 Å². The van der Waals surface area contributed by atoms with Gasteiger partial charge in [-0.3, -0.25) is 9.59 Å². The van der Waals surface area contributed by atoms with Gasteiger partial charge in [-0.25, -0.2) is 0 Å². The highest BCUT2D eigenvalue weighted by atomic mass is 35.5. The van der Waals surface area contributed by atoms with Gasteiger partial charge >= 0.3 is 0 Å². The van der Waals surface area contributed by atoms with Crippen molar-refractivity contribution in [3.63, 3.8) is 0 Å². The van der Waals surface area contributed by atoms with Crippen LogP contribution < -0.4 is 15.4 Å². The molecule has 0 aliphatic carbocycles. The number of halogens is 1. The molecule has 0 spiro atoms. The van der Waals surface area contributed by atoms with Crippen molar-refractivity contribution < 1.29 is 14.3 Å². The molecule has 3 rings (SSSR count). The number of carbonyl (C=O) groups is 2. The maximum Gasteiger partial charge on any atom is 0.251 e. The van der Waals surface area contributed by atoms with E-state index in [1.165, 1.54) is 11.8 Å². The molecule has 1 heterocycles. The number of nitrogens with one attached hydrogen (secondary N) is 2. The van der Waals surface area contributed by atoms with E-state index in [0.717, 1.165) is 5.75 Å². The Labute approximate surface area is 195 Å². The molecule has 0 saturated carbocycles. The standard InChI is InChI=1S/C22H24ClN5O3S/c1-4-28-20(14(2)24-21(30)15-5-7-16(23)8-6-15)26-27-22(28)32-13-19(29)25-17-9-11-18(31-3)12-10-17/h5-12,14H,4,13H2,1-3H3,(H,24,30)(H,25,29)/t14-/m0/s1. The molecule has 10 heteroatoms. The molecule has 32 heavy (non-hydrogen) atoms. The van der Waals surface area contributed by atoms with Crippen LogP contribution in [0.1, 0.15) is 36.1 Å². The van der Waals surface area contributed by atoms with Crippen LogP contribution in [0.2, 0.25) is 5.02 Å². The Hall–Kier alpha value is -3.04. The Balaban J connectivity index is 1.60. The molecule has 3 aromatic rings. The van der Waals surface area contributed by atoms with E-state index in [4.69, 9.17) is 16.3 Å². The lowest BCUT2D eigenvalue weighted by atomic mass is 10.2. The third kappa shape index (κ3) is 6.02. The fourth-order valence-corrected chi connectivity index (χ4v) is 3.91. The van der Waals surface area contributed by atoms with Crippen LogP contribution in [-0.4, -0.2) is 39.4 Å². The number of ether oxygens (including phenoxy) is 1. The molecule has 8 nitrogen and oxygen atoms in total. The van der Waals surface area contributed by atoms with Gasteiger partial charge in [0, 0.05) is 22.8 Å². The lowest BCUT2D eigenvalue weighted by Crippen LogP contribution is -2.28. The summed E-state index contributed by atoms with van der Waals surface area (Å²) >= 11 is 7.17. The summed E-state index contributed by atoms with van der Waals surface area (Å²) in [6.07, 6.45) is 0. The number of hydrogen-bond donors (Lipinski definition) is 2. The predicted octanol–water partition coefficient (Wildman–Crippen LogP) is 4.18. The third-order valence-electron chi connectivity index (χ3n) is 4.61. The Morgan fingerprint density at radius 3 is 2.44 bits per heavy atom. The second-order valence-corrected chi connectivity index (χ2v) is 8.23. The van der Waals surface area contributed by atoms with Crippen molar-refractivity contribution in [2.45, 2.75) is 31.6 Å². The Morgan fingerprint density at radius 2 is 1.81 bits per heavy atom. The number of amides is 2. The number of rotatable bonds is 9. The molecule has 0 fully saturated rings. The lowest BCUT2D eigenvalue weighted by Gasteiger charge is -2.15. The summed E-state index contributed by atoms with van der Waals surface area (Å²) in [4.78, 5) is 24.8. The van der Waals surface area contributed by atoms with E-state index >= 15 is 0 Å². The van der Waals surface area contributed by atoms with E-state index in [-0.39, 0.29) is 23.6 Å². The molecule has 0 aliphatic heterocycles. The number of carbonyl (C=O) groups excluding carboxylic acids is 2. The topological polar surface area (TPSA) is 98.1 Å². The molecule has 0 saturated heterocycles. The van der Waals surface area contributed by atoms with Crippen LogP contribution in [0, 0.1) is 0 Å².